The van der Waals surface area contributed by atoms with Crippen molar-refractivity contribution in [2.45, 2.75) is 36.8 Å². The Hall–Kier alpha value is -1.81. The zero-order valence-corrected chi connectivity index (χ0v) is 12.9. The maximum absolute atomic E-state index is 12.6. The summed E-state index contributed by atoms with van der Waals surface area (Å²) in [4.78, 5) is 15.0. The van der Waals surface area contributed by atoms with E-state index < -0.39 is 0 Å². The highest BCUT2D eigenvalue weighted by Gasteiger charge is 2.62. The van der Waals surface area contributed by atoms with Crippen molar-refractivity contribution in [3.8, 4) is 11.5 Å². The van der Waals surface area contributed by atoms with Crippen LogP contribution in [0.15, 0.2) is 23.8 Å². The fourth-order valence-corrected chi connectivity index (χ4v) is 5.08. The second-order valence-electron chi connectivity index (χ2n) is 6.88. The van der Waals surface area contributed by atoms with Gasteiger partial charge in [-0.1, -0.05) is 12.1 Å². The van der Waals surface area contributed by atoms with Crippen LogP contribution in [0, 0.1) is 0 Å². The predicted octanol–water partition coefficient (Wildman–Crippen LogP) is 1.85. The predicted molar refractivity (Wildman–Crippen MR) is 81.5 cm³/mol. The van der Waals surface area contributed by atoms with Gasteiger partial charge in [0.25, 0.3) is 0 Å². The minimum absolute atomic E-state index is 0.207. The van der Waals surface area contributed by atoms with E-state index >= 15 is 0 Å². The molecular weight excluding hydrogens is 278 g/mol. The standard InChI is InChI=1S/C18H19NO3/c1-19-8-7-18-11-4-5-13(20)17(18)22-16-14(21-2)6-3-10(15(16)18)9-12(11)19/h3-4,6,12,17H,5,7-9H2,1-2H3/t12-,17?,18+/m1/s1. The second kappa shape index (κ2) is 3.93. The van der Waals surface area contributed by atoms with Crippen LogP contribution in [-0.4, -0.2) is 43.5 Å². The molecule has 2 aliphatic heterocycles. The fourth-order valence-electron chi connectivity index (χ4n) is 5.08. The minimum atomic E-state index is -0.353. The van der Waals surface area contributed by atoms with Crippen LogP contribution in [0.4, 0.5) is 0 Å². The Bertz CT molecular complexity index is 738. The first-order valence-corrected chi connectivity index (χ1v) is 7.97. The second-order valence-corrected chi connectivity index (χ2v) is 6.88. The summed E-state index contributed by atoms with van der Waals surface area (Å²) in [6.07, 6.45) is 4.28. The van der Waals surface area contributed by atoms with Crippen molar-refractivity contribution in [3.05, 3.63) is 34.9 Å². The Kier molecular flexibility index (Phi) is 2.27. The van der Waals surface area contributed by atoms with Crippen molar-refractivity contribution in [2.75, 3.05) is 20.7 Å². The minimum Gasteiger partial charge on any atom is -0.493 e. The molecule has 1 aromatic carbocycles. The fraction of sp³-hybridized carbons (Fsp3) is 0.500. The first-order valence-electron chi connectivity index (χ1n) is 7.97. The molecule has 0 aromatic heterocycles. The number of allylic oxidation sites excluding steroid dienone is 1. The lowest BCUT2D eigenvalue weighted by Crippen LogP contribution is -2.60. The molecule has 1 aromatic rings. The number of likely N-dealkylation sites (N-methyl/N-ethyl adjacent to an activating group) is 1. The SMILES string of the molecule is COc1ccc2c3c1OC1C(=O)CC=C4[C@@H](C2)N(C)CC[C@]431. The number of methoxy groups -OCH3 is 1. The van der Waals surface area contributed by atoms with Crippen LogP contribution in [0.25, 0.3) is 0 Å². The number of ether oxygens (including phenoxy) is 2. The van der Waals surface area contributed by atoms with Crippen LogP contribution in [0.1, 0.15) is 24.0 Å². The number of ketones is 1. The smallest absolute Gasteiger partial charge is 0.178 e. The van der Waals surface area contributed by atoms with Gasteiger partial charge >= 0.3 is 0 Å². The van der Waals surface area contributed by atoms with Crippen LogP contribution in [-0.2, 0) is 16.6 Å². The molecule has 0 radical (unpaired) electrons. The van der Waals surface area contributed by atoms with Gasteiger partial charge in [-0.05, 0) is 43.6 Å². The van der Waals surface area contributed by atoms with Crippen LogP contribution in [0.5, 0.6) is 11.5 Å². The van der Waals surface area contributed by atoms with E-state index in [0.717, 1.165) is 30.9 Å². The van der Waals surface area contributed by atoms with Crippen LogP contribution in [0.3, 0.4) is 0 Å². The Morgan fingerprint density at radius 2 is 2.27 bits per heavy atom. The molecule has 0 amide bonds. The third kappa shape index (κ3) is 1.23. The third-order valence-electron chi connectivity index (χ3n) is 6.05. The molecule has 3 atom stereocenters. The molecule has 114 valence electrons. The molecular formula is C18H19NO3. The highest BCUT2D eigenvalue weighted by Crippen LogP contribution is 2.61. The van der Waals surface area contributed by atoms with Gasteiger partial charge in [-0.3, -0.25) is 9.69 Å². The largest absolute Gasteiger partial charge is 0.493 e. The zero-order chi connectivity index (χ0) is 15.1. The van der Waals surface area contributed by atoms with Crippen molar-refractivity contribution in [1.29, 1.82) is 0 Å². The van der Waals surface area contributed by atoms with E-state index in [1.807, 2.05) is 6.07 Å². The first kappa shape index (κ1) is 12.7. The molecule has 2 heterocycles. The number of carbonyl (C=O) groups is 1. The number of nitrogens with zero attached hydrogens (tertiary/aromatic N) is 1. The van der Waals surface area contributed by atoms with Crippen LogP contribution in [0.2, 0.25) is 0 Å². The molecule has 1 spiro atoms. The molecule has 2 aliphatic carbocycles. The lowest BCUT2D eigenvalue weighted by atomic mass is 9.56. The third-order valence-corrected chi connectivity index (χ3v) is 6.05. The summed E-state index contributed by atoms with van der Waals surface area (Å²) < 4.78 is 11.7. The molecule has 2 bridgehead atoms. The molecule has 4 aliphatic rings. The van der Waals surface area contributed by atoms with E-state index in [4.69, 9.17) is 9.47 Å². The zero-order valence-electron chi connectivity index (χ0n) is 12.9. The van der Waals surface area contributed by atoms with Gasteiger partial charge in [-0.2, -0.15) is 0 Å². The quantitative estimate of drug-likeness (QED) is 0.742. The summed E-state index contributed by atoms with van der Waals surface area (Å²) in [6, 6.07) is 4.55. The van der Waals surface area contributed by atoms with Gasteiger partial charge in [-0.25, -0.2) is 0 Å². The van der Waals surface area contributed by atoms with Gasteiger partial charge in [0.15, 0.2) is 23.4 Å². The Morgan fingerprint density at radius 3 is 3.09 bits per heavy atom. The number of piperidine rings is 1. The van der Waals surface area contributed by atoms with Crippen molar-refractivity contribution in [2.24, 2.45) is 0 Å². The van der Waals surface area contributed by atoms with Crippen LogP contribution >= 0.6 is 0 Å². The van der Waals surface area contributed by atoms with Gasteiger partial charge in [0.1, 0.15) is 0 Å². The molecule has 4 heteroatoms. The normalized spacial score (nSPS) is 34.8. The van der Waals surface area contributed by atoms with Gasteiger partial charge < -0.3 is 9.47 Å². The number of hydrogen-bond donors (Lipinski definition) is 0. The maximum Gasteiger partial charge on any atom is 0.178 e. The van der Waals surface area contributed by atoms with E-state index in [1.165, 1.54) is 16.7 Å². The summed E-state index contributed by atoms with van der Waals surface area (Å²) in [7, 11) is 3.86. The highest BCUT2D eigenvalue weighted by molar-refractivity contribution is 5.92. The topological polar surface area (TPSA) is 38.8 Å². The summed E-state index contributed by atoms with van der Waals surface area (Å²) in [5.41, 5.74) is 3.73. The van der Waals surface area contributed by atoms with Crippen molar-refractivity contribution < 1.29 is 14.3 Å². The van der Waals surface area contributed by atoms with Gasteiger partial charge in [0.05, 0.1) is 12.5 Å². The number of rotatable bonds is 1. The highest BCUT2D eigenvalue weighted by atomic mass is 16.5. The first-order chi connectivity index (χ1) is 10.7. The van der Waals surface area contributed by atoms with E-state index in [1.54, 1.807) is 7.11 Å². The summed E-state index contributed by atoms with van der Waals surface area (Å²) >= 11 is 0. The molecule has 0 saturated carbocycles. The Morgan fingerprint density at radius 1 is 1.41 bits per heavy atom. The molecule has 0 N–H and O–H groups in total. The molecule has 1 fully saturated rings. The Labute approximate surface area is 129 Å². The van der Waals surface area contributed by atoms with Crippen LogP contribution < -0.4 is 9.47 Å². The lowest BCUT2D eigenvalue weighted by molar-refractivity contribution is -0.128. The summed E-state index contributed by atoms with van der Waals surface area (Å²) in [6.45, 7) is 1.01. The number of hydrogen-bond acceptors (Lipinski definition) is 4. The summed E-state index contributed by atoms with van der Waals surface area (Å²) in [5, 5.41) is 0. The number of likely N-dealkylation sites (tertiary alicyclic amines) is 1. The van der Waals surface area contributed by atoms with Crippen molar-refractivity contribution >= 4 is 5.78 Å². The van der Waals surface area contributed by atoms with E-state index in [2.05, 4.69) is 24.1 Å². The number of Topliss-reactive ketones (excluding diaryl/α,β-unsaturated/α-hetero) is 1. The molecule has 22 heavy (non-hydrogen) atoms. The van der Waals surface area contributed by atoms with E-state index in [-0.39, 0.29) is 17.3 Å². The van der Waals surface area contributed by atoms with Gasteiger partial charge in [0.2, 0.25) is 0 Å². The average Bonchev–Trinajstić information content (AvgIpc) is 2.88. The summed E-state index contributed by atoms with van der Waals surface area (Å²) in [5.74, 6) is 1.78. The van der Waals surface area contributed by atoms with E-state index in [0.29, 0.717) is 12.5 Å². The van der Waals surface area contributed by atoms with Gasteiger partial charge in [0, 0.05) is 18.0 Å². The molecule has 5 rings (SSSR count). The lowest BCUT2D eigenvalue weighted by Gasteiger charge is -2.52. The maximum atomic E-state index is 12.6. The monoisotopic (exact) mass is 297 g/mol. The van der Waals surface area contributed by atoms with Gasteiger partial charge in [-0.15, -0.1) is 0 Å². The number of carbonyl (C=O) groups excluding carboxylic acids is 1. The Balaban J connectivity index is 1.86. The molecule has 1 saturated heterocycles. The van der Waals surface area contributed by atoms with E-state index in [9.17, 15) is 4.79 Å². The number of benzene rings is 1. The molecule has 4 nitrogen and oxygen atoms in total. The van der Waals surface area contributed by atoms with Crippen molar-refractivity contribution in [1.82, 2.24) is 4.90 Å². The average molecular weight is 297 g/mol. The molecule has 1 unspecified atom stereocenters. The van der Waals surface area contributed by atoms with Crippen molar-refractivity contribution in [3.63, 3.8) is 0 Å².